The molecule has 3 heteroatoms. The Morgan fingerprint density at radius 3 is 2.72 bits per heavy atom. The molecule has 0 saturated carbocycles. The van der Waals surface area contributed by atoms with Gasteiger partial charge in [-0.05, 0) is 36.6 Å². The van der Waals surface area contributed by atoms with Crippen LogP contribution in [0.1, 0.15) is 39.2 Å². The summed E-state index contributed by atoms with van der Waals surface area (Å²) in [6, 6.07) is 6.01. The van der Waals surface area contributed by atoms with E-state index >= 15 is 0 Å². The summed E-state index contributed by atoms with van der Waals surface area (Å²) < 4.78 is 5.62. The quantitative estimate of drug-likeness (QED) is 0.712. The van der Waals surface area contributed by atoms with Gasteiger partial charge in [0, 0.05) is 6.54 Å². The van der Waals surface area contributed by atoms with Crippen LogP contribution in [0.15, 0.2) is 18.2 Å². The Kier molecular flexibility index (Phi) is 7.14. The number of unbranched alkanes of at least 4 members (excludes halogenated alkanes) is 1. The first-order valence-electron chi connectivity index (χ1n) is 6.75. The van der Waals surface area contributed by atoms with E-state index in [-0.39, 0.29) is 0 Å². The Morgan fingerprint density at radius 2 is 2.11 bits per heavy atom. The highest BCUT2D eigenvalue weighted by Crippen LogP contribution is 2.25. The van der Waals surface area contributed by atoms with Gasteiger partial charge in [0.2, 0.25) is 0 Å². The Balaban J connectivity index is 2.45. The molecule has 102 valence electrons. The zero-order valence-electron chi connectivity index (χ0n) is 11.6. The highest BCUT2D eigenvalue weighted by Gasteiger charge is 2.03. The topological polar surface area (TPSA) is 21.3 Å². The first-order valence-corrected chi connectivity index (χ1v) is 7.13. The van der Waals surface area contributed by atoms with Crippen LogP contribution in [-0.4, -0.2) is 13.2 Å². The zero-order chi connectivity index (χ0) is 13.4. The smallest absolute Gasteiger partial charge is 0.137 e. The average Bonchev–Trinajstić information content (AvgIpc) is 2.31. The monoisotopic (exact) mass is 269 g/mol. The first-order chi connectivity index (χ1) is 8.63. The summed E-state index contributed by atoms with van der Waals surface area (Å²) in [4.78, 5) is 0. The zero-order valence-corrected chi connectivity index (χ0v) is 12.4. The van der Waals surface area contributed by atoms with Crippen LogP contribution in [0.25, 0.3) is 0 Å². The van der Waals surface area contributed by atoms with E-state index < -0.39 is 0 Å². The lowest BCUT2D eigenvalue weighted by Crippen LogP contribution is -2.18. The van der Waals surface area contributed by atoms with Gasteiger partial charge in [-0.1, -0.05) is 44.9 Å². The van der Waals surface area contributed by atoms with Crippen LogP contribution in [0.2, 0.25) is 5.02 Å². The largest absolute Gasteiger partial charge is 0.492 e. The number of benzene rings is 1. The van der Waals surface area contributed by atoms with E-state index in [1.165, 1.54) is 5.56 Å². The molecular formula is C15H24ClNO. The third kappa shape index (κ3) is 5.74. The molecule has 0 atom stereocenters. The molecule has 0 spiro atoms. The molecule has 0 heterocycles. The van der Waals surface area contributed by atoms with Crippen molar-refractivity contribution in [1.29, 1.82) is 0 Å². The van der Waals surface area contributed by atoms with Gasteiger partial charge in [0.25, 0.3) is 0 Å². The number of rotatable bonds is 8. The molecule has 2 nitrogen and oxygen atoms in total. The molecule has 0 unspecified atom stereocenters. The van der Waals surface area contributed by atoms with E-state index in [4.69, 9.17) is 16.3 Å². The molecule has 0 aliphatic rings. The highest BCUT2D eigenvalue weighted by atomic mass is 35.5. The Labute approximate surface area is 116 Å². The Bertz CT molecular complexity index is 352. The second-order valence-electron chi connectivity index (χ2n) is 4.99. The fraction of sp³-hybridized carbons (Fsp3) is 0.600. The minimum Gasteiger partial charge on any atom is -0.492 e. The lowest BCUT2D eigenvalue weighted by atomic mass is 10.2. The van der Waals surface area contributed by atoms with Crippen LogP contribution in [0.3, 0.4) is 0 Å². The summed E-state index contributed by atoms with van der Waals surface area (Å²) >= 11 is 6.20. The molecule has 0 bridgehead atoms. The van der Waals surface area contributed by atoms with Crippen LogP contribution in [0, 0.1) is 5.92 Å². The predicted octanol–water partition coefficient (Wildman–Crippen LogP) is 4.26. The van der Waals surface area contributed by atoms with E-state index in [1.54, 1.807) is 0 Å². The van der Waals surface area contributed by atoms with Crippen molar-refractivity contribution in [2.24, 2.45) is 5.92 Å². The van der Waals surface area contributed by atoms with Crippen molar-refractivity contribution in [2.45, 2.75) is 40.2 Å². The van der Waals surface area contributed by atoms with Gasteiger partial charge in [0.05, 0.1) is 11.6 Å². The fourth-order valence-electron chi connectivity index (χ4n) is 1.60. The molecule has 1 aromatic carbocycles. The normalized spacial score (nSPS) is 10.9. The Hall–Kier alpha value is -0.730. The second kappa shape index (κ2) is 8.39. The van der Waals surface area contributed by atoms with Crippen molar-refractivity contribution in [3.63, 3.8) is 0 Å². The van der Waals surface area contributed by atoms with Gasteiger partial charge in [0.1, 0.15) is 5.75 Å². The number of ether oxygens (including phenoxy) is 1. The van der Waals surface area contributed by atoms with Gasteiger partial charge in [-0.15, -0.1) is 0 Å². The van der Waals surface area contributed by atoms with Crippen LogP contribution >= 0.6 is 11.6 Å². The van der Waals surface area contributed by atoms with Crippen LogP contribution in [0.5, 0.6) is 5.75 Å². The van der Waals surface area contributed by atoms with Crippen molar-refractivity contribution < 1.29 is 4.74 Å². The summed E-state index contributed by atoms with van der Waals surface area (Å²) in [7, 11) is 0. The van der Waals surface area contributed by atoms with Crippen molar-refractivity contribution in [1.82, 2.24) is 5.32 Å². The van der Waals surface area contributed by atoms with Gasteiger partial charge >= 0.3 is 0 Å². The van der Waals surface area contributed by atoms with Gasteiger partial charge in [-0.3, -0.25) is 0 Å². The molecule has 18 heavy (non-hydrogen) atoms. The number of halogens is 1. The van der Waals surface area contributed by atoms with E-state index in [9.17, 15) is 0 Å². The van der Waals surface area contributed by atoms with E-state index in [2.05, 4.69) is 32.2 Å². The van der Waals surface area contributed by atoms with E-state index in [0.29, 0.717) is 10.9 Å². The molecule has 1 rings (SSSR count). The molecule has 0 aliphatic heterocycles. The molecular weight excluding hydrogens is 246 g/mol. The molecule has 0 saturated heterocycles. The van der Waals surface area contributed by atoms with Crippen LogP contribution in [0.4, 0.5) is 0 Å². The number of hydrogen-bond donors (Lipinski definition) is 1. The van der Waals surface area contributed by atoms with E-state index in [1.807, 2.05) is 12.1 Å². The summed E-state index contributed by atoms with van der Waals surface area (Å²) in [6.07, 6.45) is 2.20. The summed E-state index contributed by atoms with van der Waals surface area (Å²) in [5.41, 5.74) is 1.20. The minimum atomic E-state index is 0.664. The number of nitrogens with one attached hydrogen (secondary N) is 1. The van der Waals surface area contributed by atoms with Gasteiger partial charge in [-0.2, -0.15) is 0 Å². The maximum atomic E-state index is 6.20. The summed E-state index contributed by atoms with van der Waals surface area (Å²) in [6.45, 7) is 9.16. The molecule has 0 fully saturated rings. The maximum absolute atomic E-state index is 6.20. The van der Waals surface area contributed by atoms with Crippen molar-refractivity contribution in [3.8, 4) is 5.75 Å². The highest BCUT2D eigenvalue weighted by molar-refractivity contribution is 6.32. The van der Waals surface area contributed by atoms with Gasteiger partial charge in [0.15, 0.2) is 0 Å². The van der Waals surface area contributed by atoms with Crippen molar-refractivity contribution >= 4 is 11.6 Å². The van der Waals surface area contributed by atoms with E-state index in [0.717, 1.165) is 38.3 Å². The second-order valence-corrected chi connectivity index (χ2v) is 5.40. The van der Waals surface area contributed by atoms with Gasteiger partial charge in [-0.25, -0.2) is 0 Å². The molecule has 1 aromatic rings. The van der Waals surface area contributed by atoms with Crippen LogP contribution < -0.4 is 10.1 Å². The first kappa shape index (κ1) is 15.3. The average molecular weight is 270 g/mol. The predicted molar refractivity (Wildman–Crippen MR) is 78.4 cm³/mol. The fourth-order valence-corrected chi connectivity index (χ4v) is 1.86. The van der Waals surface area contributed by atoms with Crippen molar-refractivity contribution in [3.05, 3.63) is 28.8 Å². The minimum absolute atomic E-state index is 0.664. The summed E-state index contributed by atoms with van der Waals surface area (Å²) in [5.74, 6) is 1.45. The molecule has 0 aromatic heterocycles. The van der Waals surface area contributed by atoms with Crippen LogP contribution in [-0.2, 0) is 6.54 Å². The third-order valence-electron chi connectivity index (χ3n) is 2.63. The SMILES string of the molecule is CCCCOc1ccc(CNCC(C)C)cc1Cl. The third-order valence-corrected chi connectivity index (χ3v) is 2.93. The van der Waals surface area contributed by atoms with Crippen molar-refractivity contribution in [2.75, 3.05) is 13.2 Å². The maximum Gasteiger partial charge on any atom is 0.137 e. The standard InChI is InChI=1S/C15H24ClNO/c1-4-5-8-18-15-7-6-13(9-14(15)16)11-17-10-12(2)3/h6-7,9,12,17H,4-5,8,10-11H2,1-3H3. The lowest BCUT2D eigenvalue weighted by Gasteiger charge is -2.10. The van der Waals surface area contributed by atoms with Gasteiger partial charge < -0.3 is 10.1 Å². The summed E-state index contributed by atoms with van der Waals surface area (Å²) in [5, 5.41) is 4.10. The molecule has 1 N–H and O–H groups in total. The Morgan fingerprint density at radius 1 is 1.33 bits per heavy atom. The molecule has 0 radical (unpaired) electrons. The lowest BCUT2D eigenvalue weighted by molar-refractivity contribution is 0.309. The molecule has 0 aliphatic carbocycles. The number of hydrogen-bond acceptors (Lipinski definition) is 2. The molecule has 0 amide bonds.